The lowest BCUT2D eigenvalue weighted by Crippen LogP contribution is -2.25. The van der Waals surface area contributed by atoms with Gasteiger partial charge in [0.15, 0.2) is 0 Å². The maximum atomic E-state index is 11.4. The molecule has 0 aliphatic carbocycles. The minimum absolute atomic E-state index is 0. The Bertz CT molecular complexity index is 352. The molecular formula is C11H20N4O. The lowest BCUT2D eigenvalue weighted by Gasteiger charge is -2.07. The van der Waals surface area contributed by atoms with Crippen LogP contribution in [0.5, 0.6) is 0 Å². The van der Waals surface area contributed by atoms with Gasteiger partial charge in [-0.3, -0.25) is 4.79 Å². The van der Waals surface area contributed by atoms with E-state index in [4.69, 9.17) is 11.5 Å². The van der Waals surface area contributed by atoms with E-state index in [2.05, 4.69) is 5.32 Å². The third kappa shape index (κ3) is 4.18. The summed E-state index contributed by atoms with van der Waals surface area (Å²) in [4.78, 5) is 11.4. The molecule has 5 heteroatoms. The molecule has 0 saturated heterocycles. The van der Waals surface area contributed by atoms with Gasteiger partial charge in [0.25, 0.3) is 0 Å². The number of hydrogen-bond acceptors (Lipinski definition) is 4. The van der Waals surface area contributed by atoms with Crippen LogP contribution in [0.2, 0.25) is 0 Å². The van der Waals surface area contributed by atoms with Crippen LogP contribution >= 0.6 is 0 Å². The average Bonchev–Trinajstić information content (AvgIpc) is 2.19. The van der Waals surface area contributed by atoms with Crippen molar-refractivity contribution in [3.63, 3.8) is 0 Å². The minimum atomic E-state index is -0.00618. The summed E-state index contributed by atoms with van der Waals surface area (Å²) >= 11 is 0. The van der Waals surface area contributed by atoms with Crippen LogP contribution in [-0.4, -0.2) is 12.5 Å². The Morgan fingerprint density at radius 2 is 2.06 bits per heavy atom. The summed E-state index contributed by atoms with van der Waals surface area (Å²) in [5.74, 6) is -0.00618. The standard InChI is InChI=1S/C11H17N3O.H3N/c1-2-5-14-11(15)6-8-3-4-9(12)7-10(8)13;/h3-4,7H,2,5-6,12-13H2,1H3,(H,14,15);1H3. The average molecular weight is 224 g/mol. The highest BCUT2D eigenvalue weighted by atomic mass is 16.1. The number of benzene rings is 1. The van der Waals surface area contributed by atoms with E-state index in [1.54, 1.807) is 18.2 Å². The van der Waals surface area contributed by atoms with Gasteiger partial charge >= 0.3 is 0 Å². The van der Waals surface area contributed by atoms with Gasteiger partial charge in [-0.05, 0) is 24.1 Å². The SMILES string of the molecule is CCCNC(=O)Cc1ccc(N)cc1N.N. The van der Waals surface area contributed by atoms with Gasteiger partial charge in [0.1, 0.15) is 0 Å². The number of nitrogens with two attached hydrogens (primary N) is 2. The molecule has 0 radical (unpaired) electrons. The molecule has 0 aliphatic heterocycles. The van der Waals surface area contributed by atoms with Crippen molar-refractivity contribution in [3.05, 3.63) is 23.8 Å². The van der Waals surface area contributed by atoms with E-state index in [-0.39, 0.29) is 12.1 Å². The van der Waals surface area contributed by atoms with E-state index >= 15 is 0 Å². The van der Waals surface area contributed by atoms with Crippen molar-refractivity contribution in [2.45, 2.75) is 19.8 Å². The number of carbonyl (C=O) groups excluding carboxylic acids is 1. The highest BCUT2D eigenvalue weighted by molar-refractivity contribution is 5.80. The van der Waals surface area contributed by atoms with Gasteiger partial charge in [-0.15, -0.1) is 0 Å². The zero-order valence-corrected chi connectivity index (χ0v) is 9.62. The van der Waals surface area contributed by atoms with E-state index in [1.807, 2.05) is 6.92 Å². The predicted octanol–water partition coefficient (Wildman–Crippen LogP) is 1.08. The summed E-state index contributed by atoms with van der Waals surface area (Å²) in [7, 11) is 0. The molecule has 16 heavy (non-hydrogen) atoms. The van der Waals surface area contributed by atoms with Crippen LogP contribution in [0, 0.1) is 0 Å². The second kappa shape index (κ2) is 6.68. The van der Waals surface area contributed by atoms with Crippen molar-refractivity contribution >= 4 is 17.3 Å². The van der Waals surface area contributed by atoms with E-state index in [0.717, 1.165) is 12.0 Å². The summed E-state index contributed by atoms with van der Waals surface area (Å²) < 4.78 is 0. The Morgan fingerprint density at radius 1 is 1.38 bits per heavy atom. The second-order valence-electron chi connectivity index (χ2n) is 3.48. The molecular weight excluding hydrogens is 204 g/mol. The van der Waals surface area contributed by atoms with Crippen molar-refractivity contribution in [2.24, 2.45) is 0 Å². The van der Waals surface area contributed by atoms with Crippen LogP contribution in [0.4, 0.5) is 11.4 Å². The molecule has 0 unspecified atom stereocenters. The van der Waals surface area contributed by atoms with Gasteiger partial charge in [-0.1, -0.05) is 13.0 Å². The number of nitrogen functional groups attached to an aromatic ring is 2. The largest absolute Gasteiger partial charge is 0.399 e. The predicted molar refractivity (Wildman–Crippen MR) is 67.3 cm³/mol. The van der Waals surface area contributed by atoms with Gasteiger partial charge in [0.05, 0.1) is 6.42 Å². The quantitative estimate of drug-likeness (QED) is 0.572. The smallest absolute Gasteiger partial charge is 0.224 e. The third-order valence-electron chi connectivity index (χ3n) is 2.09. The molecule has 0 fully saturated rings. The summed E-state index contributed by atoms with van der Waals surface area (Å²) in [5.41, 5.74) is 13.3. The fourth-order valence-electron chi connectivity index (χ4n) is 1.27. The summed E-state index contributed by atoms with van der Waals surface area (Å²) in [6, 6.07) is 5.21. The number of nitrogens with one attached hydrogen (secondary N) is 1. The molecule has 8 N–H and O–H groups in total. The van der Waals surface area contributed by atoms with Crippen LogP contribution in [0.1, 0.15) is 18.9 Å². The van der Waals surface area contributed by atoms with E-state index < -0.39 is 0 Å². The summed E-state index contributed by atoms with van der Waals surface area (Å²) in [6.45, 7) is 2.71. The Hall–Kier alpha value is -1.75. The maximum absolute atomic E-state index is 11.4. The molecule has 0 aliphatic rings. The zero-order valence-electron chi connectivity index (χ0n) is 9.62. The molecule has 0 bridgehead atoms. The van der Waals surface area contributed by atoms with Crippen LogP contribution < -0.4 is 22.9 Å². The molecule has 0 saturated carbocycles. The zero-order chi connectivity index (χ0) is 11.3. The maximum Gasteiger partial charge on any atom is 0.224 e. The van der Waals surface area contributed by atoms with Gasteiger partial charge in [0, 0.05) is 17.9 Å². The Balaban J connectivity index is 0.00000225. The Kier molecular flexibility index (Phi) is 5.95. The van der Waals surface area contributed by atoms with Crippen molar-refractivity contribution in [1.82, 2.24) is 11.5 Å². The van der Waals surface area contributed by atoms with Crippen LogP contribution in [0.15, 0.2) is 18.2 Å². The van der Waals surface area contributed by atoms with E-state index in [9.17, 15) is 4.79 Å². The van der Waals surface area contributed by atoms with Gasteiger partial charge in [0.2, 0.25) is 5.91 Å². The molecule has 0 atom stereocenters. The van der Waals surface area contributed by atoms with Crippen molar-refractivity contribution in [2.75, 3.05) is 18.0 Å². The lowest BCUT2D eigenvalue weighted by molar-refractivity contribution is -0.120. The molecule has 1 amide bonds. The normalized spacial score (nSPS) is 9.31. The fraction of sp³-hybridized carbons (Fsp3) is 0.364. The van der Waals surface area contributed by atoms with E-state index in [0.29, 0.717) is 24.3 Å². The summed E-state index contributed by atoms with van der Waals surface area (Å²) in [5, 5.41) is 2.80. The highest BCUT2D eigenvalue weighted by Gasteiger charge is 2.05. The number of anilines is 2. The second-order valence-corrected chi connectivity index (χ2v) is 3.48. The molecule has 1 aromatic carbocycles. The third-order valence-corrected chi connectivity index (χ3v) is 2.09. The first kappa shape index (κ1) is 14.2. The van der Waals surface area contributed by atoms with Gasteiger partial charge < -0.3 is 22.9 Å². The first-order chi connectivity index (χ1) is 7.13. The Morgan fingerprint density at radius 3 is 2.62 bits per heavy atom. The van der Waals surface area contributed by atoms with Crippen LogP contribution in [0.3, 0.4) is 0 Å². The molecule has 0 aromatic heterocycles. The van der Waals surface area contributed by atoms with Crippen LogP contribution in [-0.2, 0) is 11.2 Å². The molecule has 1 rings (SSSR count). The van der Waals surface area contributed by atoms with Crippen LogP contribution in [0.25, 0.3) is 0 Å². The van der Waals surface area contributed by atoms with Gasteiger partial charge in [-0.2, -0.15) is 0 Å². The minimum Gasteiger partial charge on any atom is -0.399 e. The highest BCUT2D eigenvalue weighted by Crippen LogP contribution is 2.15. The number of carbonyl (C=O) groups is 1. The van der Waals surface area contributed by atoms with Crippen molar-refractivity contribution in [1.29, 1.82) is 0 Å². The monoisotopic (exact) mass is 224 g/mol. The first-order valence-electron chi connectivity index (χ1n) is 5.04. The van der Waals surface area contributed by atoms with Gasteiger partial charge in [-0.25, -0.2) is 0 Å². The number of rotatable bonds is 4. The molecule has 0 spiro atoms. The molecule has 0 heterocycles. The number of amides is 1. The van der Waals surface area contributed by atoms with Crippen molar-refractivity contribution in [3.8, 4) is 0 Å². The fourth-order valence-corrected chi connectivity index (χ4v) is 1.27. The molecule has 1 aromatic rings. The summed E-state index contributed by atoms with van der Waals surface area (Å²) in [6.07, 6.45) is 1.25. The van der Waals surface area contributed by atoms with E-state index in [1.165, 1.54) is 0 Å². The van der Waals surface area contributed by atoms with Crippen molar-refractivity contribution < 1.29 is 4.79 Å². The Labute approximate surface area is 95.8 Å². The topological polar surface area (TPSA) is 116 Å². The number of hydrogen-bond donors (Lipinski definition) is 4. The molecule has 90 valence electrons. The lowest BCUT2D eigenvalue weighted by atomic mass is 10.1. The molecule has 5 nitrogen and oxygen atoms in total. The first-order valence-corrected chi connectivity index (χ1v) is 5.04.